The van der Waals surface area contributed by atoms with E-state index in [1.54, 1.807) is 0 Å². The summed E-state index contributed by atoms with van der Waals surface area (Å²) in [6.07, 6.45) is 1.02. The van der Waals surface area contributed by atoms with Crippen LogP contribution < -0.4 is 0 Å². The SMILES string of the molecule is CCc1cccc2c(C)c(CO)[nH]c12. The van der Waals surface area contributed by atoms with E-state index in [-0.39, 0.29) is 6.61 Å². The number of rotatable bonds is 2. The van der Waals surface area contributed by atoms with Gasteiger partial charge in [0, 0.05) is 16.6 Å². The molecule has 2 aromatic rings. The minimum atomic E-state index is 0.0870. The lowest BCUT2D eigenvalue weighted by Crippen LogP contribution is -1.85. The van der Waals surface area contributed by atoms with E-state index in [4.69, 9.17) is 5.11 Å². The second-order valence-corrected chi connectivity index (χ2v) is 3.58. The number of fused-ring (bicyclic) bond motifs is 1. The van der Waals surface area contributed by atoms with E-state index < -0.39 is 0 Å². The van der Waals surface area contributed by atoms with Crippen molar-refractivity contribution in [1.82, 2.24) is 4.98 Å². The maximum absolute atomic E-state index is 9.15. The number of para-hydroxylation sites is 1. The van der Waals surface area contributed by atoms with E-state index in [0.29, 0.717) is 0 Å². The maximum atomic E-state index is 9.15. The fourth-order valence-corrected chi connectivity index (χ4v) is 1.92. The van der Waals surface area contributed by atoms with Crippen LogP contribution in [-0.2, 0) is 13.0 Å². The first kappa shape index (κ1) is 9.28. The Labute approximate surface area is 83.6 Å². The molecule has 1 aromatic heterocycles. The maximum Gasteiger partial charge on any atom is 0.0833 e. The molecule has 2 heteroatoms. The largest absolute Gasteiger partial charge is 0.390 e. The highest BCUT2D eigenvalue weighted by Gasteiger charge is 2.08. The van der Waals surface area contributed by atoms with Gasteiger partial charge < -0.3 is 10.1 Å². The molecule has 1 heterocycles. The number of aryl methyl sites for hydroxylation is 2. The smallest absolute Gasteiger partial charge is 0.0833 e. The normalized spacial score (nSPS) is 11.1. The first-order chi connectivity index (χ1) is 6.77. The van der Waals surface area contributed by atoms with Gasteiger partial charge in [-0.25, -0.2) is 0 Å². The third-order valence-electron chi connectivity index (χ3n) is 2.82. The molecule has 0 aliphatic heterocycles. The molecule has 0 bridgehead atoms. The first-order valence-corrected chi connectivity index (χ1v) is 4.97. The van der Waals surface area contributed by atoms with Gasteiger partial charge in [0.25, 0.3) is 0 Å². The van der Waals surface area contributed by atoms with Gasteiger partial charge in [0.1, 0.15) is 0 Å². The van der Waals surface area contributed by atoms with Gasteiger partial charge in [-0.05, 0) is 24.5 Å². The van der Waals surface area contributed by atoms with Gasteiger partial charge in [-0.2, -0.15) is 0 Å². The Morgan fingerprint density at radius 1 is 1.36 bits per heavy atom. The Morgan fingerprint density at radius 3 is 2.79 bits per heavy atom. The van der Waals surface area contributed by atoms with Crippen molar-refractivity contribution in [3.8, 4) is 0 Å². The van der Waals surface area contributed by atoms with E-state index in [9.17, 15) is 0 Å². The zero-order valence-electron chi connectivity index (χ0n) is 8.59. The highest BCUT2D eigenvalue weighted by Crippen LogP contribution is 2.24. The van der Waals surface area contributed by atoms with E-state index in [1.807, 2.05) is 6.92 Å². The van der Waals surface area contributed by atoms with Crippen LogP contribution in [-0.4, -0.2) is 10.1 Å². The van der Waals surface area contributed by atoms with Crippen molar-refractivity contribution in [1.29, 1.82) is 0 Å². The number of hydrogen-bond donors (Lipinski definition) is 2. The number of aromatic nitrogens is 1. The lowest BCUT2D eigenvalue weighted by atomic mass is 10.1. The van der Waals surface area contributed by atoms with Crippen LogP contribution in [0.15, 0.2) is 18.2 Å². The van der Waals surface area contributed by atoms with Gasteiger partial charge in [0.15, 0.2) is 0 Å². The number of hydrogen-bond acceptors (Lipinski definition) is 1. The highest BCUT2D eigenvalue weighted by atomic mass is 16.3. The summed E-state index contributed by atoms with van der Waals surface area (Å²) >= 11 is 0. The van der Waals surface area contributed by atoms with E-state index in [1.165, 1.54) is 16.5 Å². The second-order valence-electron chi connectivity index (χ2n) is 3.58. The first-order valence-electron chi connectivity index (χ1n) is 4.97. The average Bonchev–Trinajstić information content (AvgIpc) is 2.55. The predicted molar refractivity (Wildman–Crippen MR) is 58.3 cm³/mol. The second kappa shape index (κ2) is 3.46. The van der Waals surface area contributed by atoms with Crippen molar-refractivity contribution in [2.75, 3.05) is 0 Å². The summed E-state index contributed by atoms with van der Waals surface area (Å²) in [5.41, 5.74) is 4.58. The molecule has 0 spiro atoms. The van der Waals surface area contributed by atoms with Gasteiger partial charge in [-0.15, -0.1) is 0 Å². The molecule has 0 fully saturated rings. The predicted octanol–water partition coefficient (Wildman–Crippen LogP) is 2.53. The van der Waals surface area contributed by atoms with Crippen LogP contribution in [0.25, 0.3) is 10.9 Å². The van der Waals surface area contributed by atoms with Crippen molar-refractivity contribution in [2.24, 2.45) is 0 Å². The Morgan fingerprint density at radius 2 is 2.14 bits per heavy atom. The fourth-order valence-electron chi connectivity index (χ4n) is 1.92. The minimum absolute atomic E-state index is 0.0870. The molecule has 0 atom stereocenters. The van der Waals surface area contributed by atoms with Crippen LogP contribution in [0.2, 0.25) is 0 Å². The summed E-state index contributed by atoms with van der Waals surface area (Å²) in [6, 6.07) is 6.29. The van der Waals surface area contributed by atoms with E-state index >= 15 is 0 Å². The van der Waals surface area contributed by atoms with Crippen LogP contribution >= 0.6 is 0 Å². The third kappa shape index (κ3) is 1.23. The summed E-state index contributed by atoms with van der Waals surface area (Å²) < 4.78 is 0. The molecular weight excluding hydrogens is 174 g/mol. The molecule has 0 radical (unpaired) electrons. The summed E-state index contributed by atoms with van der Waals surface area (Å²) in [5, 5.41) is 10.4. The van der Waals surface area contributed by atoms with E-state index in [0.717, 1.165) is 17.7 Å². The number of aromatic amines is 1. The van der Waals surface area contributed by atoms with Crippen LogP contribution in [0.1, 0.15) is 23.7 Å². The molecule has 0 saturated carbocycles. The lowest BCUT2D eigenvalue weighted by Gasteiger charge is -1.98. The lowest BCUT2D eigenvalue weighted by molar-refractivity contribution is 0.277. The minimum Gasteiger partial charge on any atom is -0.390 e. The van der Waals surface area contributed by atoms with E-state index in [2.05, 4.69) is 30.1 Å². The van der Waals surface area contributed by atoms with Crippen LogP contribution in [0.5, 0.6) is 0 Å². The molecule has 0 aliphatic carbocycles. The summed E-state index contributed by atoms with van der Waals surface area (Å²) in [4.78, 5) is 3.28. The average molecular weight is 189 g/mol. The molecule has 2 N–H and O–H groups in total. The van der Waals surface area contributed by atoms with Gasteiger partial charge in [0.05, 0.1) is 6.61 Å². The molecule has 74 valence electrons. The highest BCUT2D eigenvalue weighted by molar-refractivity contribution is 5.87. The Kier molecular flexibility index (Phi) is 2.30. The fraction of sp³-hybridized carbons (Fsp3) is 0.333. The molecule has 0 saturated heterocycles. The number of H-pyrrole nitrogens is 1. The molecule has 0 unspecified atom stereocenters. The van der Waals surface area contributed by atoms with Gasteiger partial charge in [0.2, 0.25) is 0 Å². The zero-order valence-corrected chi connectivity index (χ0v) is 8.59. The Hall–Kier alpha value is -1.28. The summed E-state index contributed by atoms with van der Waals surface area (Å²) in [7, 11) is 0. The molecule has 1 aromatic carbocycles. The van der Waals surface area contributed by atoms with Crippen LogP contribution in [0.3, 0.4) is 0 Å². The standard InChI is InChI=1S/C12H15NO/c1-3-9-5-4-6-10-8(2)11(7-14)13-12(9)10/h4-6,13-14H,3,7H2,1-2H3. The van der Waals surface area contributed by atoms with Crippen molar-refractivity contribution in [3.63, 3.8) is 0 Å². The van der Waals surface area contributed by atoms with Crippen molar-refractivity contribution >= 4 is 10.9 Å². The molecule has 2 nitrogen and oxygen atoms in total. The number of aliphatic hydroxyl groups is 1. The monoisotopic (exact) mass is 189 g/mol. The molecule has 14 heavy (non-hydrogen) atoms. The van der Waals surface area contributed by atoms with Crippen molar-refractivity contribution < 1.29 is 5.11 Å². The van der Waals surface area contributed by atoms with Crippen LogP contribution in [0.4, 0.5) is 0 Å². The van der Waals surface area contributed by atoms with Gasteiger partial charge in [-0.1, -0.05) is 25.1 Å². The number of benzene rings is 1. The molecule has 0 amide bonds. The Balaban J connectivity index is 2.77. The third-order valence-corrected chi connectivity index (χ3v) is 2.82. The van der Waals surface area contributed by atoms with Gasteiger partial charge >= 0.3 is 0 Å². The molecular formula is C12H15NO. The zero-order chi connectivity index (χ0) is 10.1. The number of nitrogens with one attached hydrogen (secondary N) is 1. The Bertz CT molecular complexity index is 457. The van der Waals surface area contributed by atoms with Crippen molar-refractivity contribution in [2.45, 2.75) is 26.9 Å². The number of aliphatic hydroxyl groups excluding tert-OH is 1. The molecule has 0 aliphatic rings. The van der Waals surface area contributed by atoms with Crippen molar-refractivity contribution in [3.05, 3.63) is 35.0 Å². The molecule has 2 rings (SSSR count). The van der Waals surface area contributed by atoms with Crippen LogP contribution in [0, 0.1) is 6.92 Å². The summed E-state index contributed by atoms with van der Waals surface area (Å²) in [6.45, 7) is 4.27. The topological polar surface area (TPSA) is 36.0 Å². The van der Waals surface area contributed by atoms with Gasteiger partial charge in [-0.3, -0.25) is 0 Å². The summed E-state index contributed by atoms with van der Waals surface area (Å²) in [5.74, 6) is 0. The quantitative estimate of drug-likeness (QED) is 0.748.